The summed E-state index contributed by atoms with van der Waals surface area (Å²) in [5.41, 5.74) is 1.23. The lowest BCUT2D eigenvalue weighted by molar-refractivity contribution is 0.109. The second-order valence-electron chi connectivity index (χ2n) is 4.58. The van der Waals surface area contributed by atoms with Gasteiger partial charge >= 0.3 is 0 Å². The van der Waals surface area contributed by atoms with E-state index in [9.17, 15) is 4.21 Å². The Bertz CT molecular complexity index is 359. The first-order valence-corrected chi connectivity index (χ1v) is 8.02. The second kappa shape index (κ2) is 7.67. The standard InChI is InChI=1S/C14H21NO2S/c16-18-11-8-15(9-12-18)7-4-10-17-13-14-5-2-1-3-6-14/h1-3,5-6H,4,7-13H2. The van der Waals surface area contributed by atoms with Gasteiger partial charge in [-0.2, -0.15) is 0 Å². The predicted molar refractivity (Wildman–Crippen MR) is 75.0 cm³/mol. The molecule has 0 saturated carbocycles. The van der Waals surface area contributed by atoms with E-state index in [0.29, 0.717) is 6.61 Å². The largest absolute Gasteiger partial charge is 0.377 e. The molecular formula is C14H21NO2S. The molecule has 0 N–H and O–H groups in total. The Morgan fingerprint density at radius 3 is 2.61 bits per heavy atom. The van der Waals surface area contributed by atoms with E-state index in [1.165, 1.54) is 5.56 Å². The molecule has 0 aromatic heterocycles. The van der Waals surface area contributed by atoms with Gasteiger partial charge < -0.3 is 9.64 Å². The highest BCUT2D eigenvalue weighted by Gasteiger charge is 2.13. The quantitative estimate of drug-likeness (QED) is 0.734. The van der Waals surface area contributed by atoms with Crippen LogP contribution in [-0.2, 0) is 22.1 Å². The molecular weight excluding hydrogens is 246 g/mol. The number of hydrogen-bond acceptors (Lipinski definition) is 3. The Balaban J connectivity index is 1.52. The van der Waals surface area contributed by atoms with E-state index < -0.39 is 10.8 Å². The van der Waals surface area contributed by atoms with Crippen LogP contribution in [0, 0.1) is 0 Å². The SMILES string of the molecule is O=S1CCN(CCCOCc2ccccc2)CC1. The van der Waals surface area contributed by atoms with Crippen LogP contribution in [0.2, 0.25) is 0 Å². The van der Waals surface area contributed by atoms with E-state index in [0.717, 1.165) is 44.2 Å². The van der Waals surface area contributed by atoms with E-state index in [2.05, 4.69) is 17.0 Å². The lowest BCUT2D eigenvalue weighted by Gasteiger charge is -2.25. The van der Waals surface area contributed by atoms with E-state index in [1.807, 2.05) is 18.2 Å². The Morgan fingerprint density at radius 1 is 1.17 bits per heavy atom. The van der Waals surface area contributed by atoms with Gasteiger partial charge in [0.2, 0.25) is 0 Å². The fraction of sp³-hybridized carbons (Fsp3) is 0.571. The van der Waals surface area contributed by atoms with E-state index in [1.54, 1.807) is 0 Å². The van der Waals surface area contributed by atoms with Crippen LogP contribution >= 0.6 is 0 Å². The van der Waals surface area contributed by atoms with Crippen LogP contribution in [0.5, 0.6) is 0 Å². The minimum absolute atomic E-state index is 0.568. The van der Waals surface area contributed by atoms with E-state index >= 15 is 0 Å². The third-order valence-corrected chi connectivity index (χ3v) is 4.42. The molecule has 3 nitrogen and oxygen atoms in total. The molecule has 2 rings (SSSR count). The summed E-state index contributed by atoms with van der Waals surface area (Å²) >= 11 is 0. The molecule has 0 spiro atoms. The molecule has 1 aromatic carbocycles. The minimum atomic E-state index is -0.568. The monoisotopic (exact) mass is 267 g/mol. The highest BCUT2D eigenvalue weighted by Crippen LogP contribution is 2.03. The van der Waals surface area contributed by atoms with Gasteiger partial charge in [-0.05, 0) is 12.0 Å². The van der Waals surface area contributed by atoms with Gasteiger partial charge in [0.1, 0.15) is 0 Å². The maximum absolute atomic E-state index is 11.2. The van der Waals surface area contributed by atoms with Gasteiger partial charge in [0.15, 0.2) is 0 Å². The maximum atomic E-state index is 11.2. The first kappa shape index (κ1) is 13.7. The zero-order valence-corrected chi connectivity index (χ0v) is 11.5. The maximum Gasteiger partial charge on any atom is 0.0716 e. The summed E-state index contributed by atoms with van der Waals surface area (Å²) < 4.78 is 16.8. The van der Waals surface area contributed by atoms with Gasteiger partial charge in [-0.3, -0.25) is 4.21 Å². The molecule has 1 aromatic rings. The predicted octanol–water partition coefficient (Wildman–Crippen LogP) is 1.66. The minimum Gasteiger partial charge on any atom is -0.377 e. The summed E-state index contributed by atoms with van der Waals surface area (Å²) in [6.07, 6.45) is 1.06. The van der Waals surface area contributed by atoms with Crippen molar-refractivity contribution < 1.29 is 8.95 Å². The first-order chi connectivity index (χ1) is 8.84. The zero-order chi connectivity index (χ0) is 12.6. The van der Waals surface area contributed by atoms with Gasteiger partial charge in [-0.25, -0.2) is 0 Å². The Labute approximate surface area is 112 Å². The van der Waals surface area contributed by atoms with Gasteiger partial charge in [0.05, 0.1) is 6.61 Å². The topological polar surface area (TPSA) is 29.5 Å². The van der Waals surface area contributed by atoms with Gasteiger partial charge in [0.25, 0.3) is 0 Å². The van der Waals surface area contributed by atoms with Crippen LogP contribution < -0.4 is 0 Å². The fourth-order valence-corrected chi connectivity index (χ4v) is 3.18. The first-order valence-electron chi connectivity index (χ1n) is 6.53. The van der Waals surface area contributed by atoms with Crippen molar-refractivity contribution in [3.8, 4) is 0 Å². The van der Waals surface area contributed by atoms with Crippen LogP contribution in [0.4, 0.5) is 0 Å². The van der Waals surface area contributed by atoms with Crippen LogP contribution in [0.3, 0.4) is 0 Å². The normalized spacial score (nSPS) is 18.0. The second-order valence-corrected chi connectivity index (χ2v) is 6.28. The molecule has 18 heavy (non-hydrogen) atoms. The molecule has 4 heteroatoms. The van der Waals surface area contributed by atoms with Gasteiger partial charge in [-0.15, -0.1) is 0 Å². The summed E-state index contributed by atoms with van der Waals surface area (Å²) in [6, 6.07) is 10.3. The van der Waals surface area contributed by atoms with Gasteiger partial charge in [-0.1, -0.05) is 30.3 Å². The number of benzene rings is 1. The smallest absolute Gasteiger partial charge is 0.0716 e. The van der Waals surface area contributed by atoms with Crippen molar-refractivity contribution in [3.63, 3.8) is 0 Å². The molecule has 0 unspecified atom stereocenters. The third-order valence-electron chi connectivity index (χ3n) is 3.14. The van der Waals surface area contributed by atoms with Crippen molar-refractivity contribution in [2.24, 2.45) is 0 Å². The highest BCUT2D eigenvalue weighted by atomic mass is 32.2. The summed E-state index contributed by atoms with van der Waals surface area (Å²) in [7, 11) is -0.568. The molecule has 1 aliphatic heterocycles. The molecule has 1 fully saturated rings. The van der Waals surface area contributed by atoms with Crippen molar-refractivity contribution in [2.45, 2.75) is 13.0 Å². The van der Waals surface area contributed by atoms with Crippen molar-refractivity contribution in [2.75, 3.05) is 37.7 Å². The number of ether oxygens (including phenoxy) is 1. The van der Waals surface area contributed by atoms with Crippen LogP contribution in [0.15, 0.2) is 30.3 Å². The van der Waals surface area contributed by atoms with Crippen LogP contribution in [-0.4, -0.2) is 46.9 Å². The summed E-state index contributed by atoms with van der Waals surface area (Å²) in [5, 5.41) is 0. The molecule has 0 atom stereocenters. The Morgan fingerprint density at radius 2 is 1.89 bits per heavy atom. The average Bonchev–Trinajstić information content (AvgIpc) is 2.42. The van der Waals surface area contributed by atoms with Crippen molar-refractivity contribution in [1.29, 1.82) is 0 Å². The molecule has 100 valence electrons. The third kappa shape index (κ3) is 4.88. The summed E-state index contributed by atoms with van der Waals surface area (Å²) in [5.74, 6) is 1.68. The average molecular weight is 267 g/mol. The fourth-order valence-electron chi connectivity index (χ4n) is 2.05. The Kier molecular flexibility index (Phi) is 5.84. The Hall–Kier alpha value is -0.710. The zero-order valence-electron chi connectivity index (χ0n) is 10.7. The van der Waals surface area contributed by atoms with Crippen LogP contribution in [0.1, 0.15) is 12.0 Å². The molecule has 1 saturated heterocycles. The number of rotatable bonds is 6. The van der Waals surface area contributed by atoms with Crippen molar-refractivity contribution in [1.82, 2.24) is 4.90 Å². The molecule has 0 radical (unpaired) electrons. The lowest BCUT2D eigenvalue weighted by Crippen LogP contribution is -2.38. The number of nitrogens with zero attached hydrogens (tertiary/aromatic N) is 1. The molecule has 0 amide bonds. The summed E-state index contributed by atoms with van der Waals surface area (Å²) in [6.45, 7) is 4.52. The molecule has 0 aliphatic carbocycles. The summed E-state index contributed by atoms with van der Waals surface area (Å²) in [4.78, 5) is 2.38. The lowest BCUT2D eigenvalue weighted by atomic mass is 10.2. The van der Waals surface area contributed by atoms with E-state index in [-0.39, 0.29) is 0 Å². The number of hydrogen-bond donors (Lipinski definition) is 0. The highest BCUT2D eigenvalue weighted by molar-refractivity contribution is 7.85. The van der Waals surface area contributed by atoms with E-state index in [4.69, 9.17) is 4.74 Å². The van der Waals surface area contributed by atoms with Crippen LogP contribution in [0.25, 0.3) is 0 Å². The molecule has 1 aliphatic rings. The molecule has 1 heterocycles. The van der Waals surface area contributed by atoms with Crippen molar-refractivity contribution in [3.05, 3.63) is 35.9 Å². The van der Waals surface area contributed by atoms with Gasteiger partial charge in [0, 0.05) is 48.5 Å². The van der Waals surface area contributed by atoms with Crippen molar-refractivity contribution >= 4 is 10.8 Å². The molecule has 0 bridgehead atoms.